The molecule has 0 aromatic heterocycles. The van der Waals surface area contributed by atoms with E-state index in [1.807, 2.05) is 0 Å². The molecule has 1 saturated heterocycles. The zero-order chi connectivity index (χ0) is 11.2. The summed E-state index contributed by atoms with van der Waals surface area (Å²) in [6, 6.07) is 6.78. The molecule has 1 aromatic rings. The molecule has 1 N–H and O–H groups in total. The standard InChI is InChI=1S/C13H18FNO/c14-11-4-6-13(7-5-11)16-10-8-12-3-1-2-9-15-12/h4-7,12,15H,1-3,8-10H2. The van der Waals surface area contributed by atoms with E-state index in [0.717, 1.165) is 18.7 Å². The first-order valence-corrected chi connectivity index (χ1v) is 5.96. The van der Waals surface area contributed by atoms with E-state index in [1.165, 1.54) is 31.4 Å². The van der Waals surface area contributed by atoms with Gasteiger partial charge in [-0.05, 0) is 50.1 Å². The van der Waals surface area contributed by atoms with Crippen LogP contribution in [0, 0.1) is 5.82 Å². The van der Waals surface area contributed by atoms with Crippen molar-refractivity contribution in [2.45, 2.75) is 31.7 Å². The number of halogens is 1. The number of benzene rings is 1. The maximum Gasteiger partial charge on any atom is 0.123 e. The van der Waals surface area contributed by atoms with Gasteiger partial charge >= 0.3 is 0 Å². The highest BCUT2D eigenvalue weighted by Crippen LogP contribution is 2.13. The van der Waals surface area contributed by atoms with Gasteiger partial charge in [-0.15, -0.1) is 0 Å². The lowest BCUT2D eigenvalue weighted by molar-refractivity contribution is 0.268. The minimum atomic E-state index is -0.221. The van der Waals surface area contributed by atoms with Crippen LogP contribution in [0.3, 0.4) is 0 Å². The molecular formula is C13H18FNO. The minimum absolute atomic E-state index is 0.221. The summed E-state index contributed by atoms with van der Waals surface area (Å²) in [6.45, 7) is 1.82. The van der Waals surface area contributed by atoms with Crippen LogP contribution in [0.25, 0.3) is 0 Å². The van der Waals surface area contributed by atoms with Gasteiger partial charge in [0.05, 0.1) is 6.61 Å². The van der Waals surface area contributed by atoms with Gasteiger partial charge in [0, 0.05) is 6.04 Å². The fourth-order valence-electron chi connectivity index (χ4n) is 2.02. The number of piperidine rings is 1. The second-order valence-electron chi connectivity index (χ2n) is 4.24. The Morgan fingerprint density at radius 2 is 2.06 bits per heavy atom. The van der Waals surface area contributed by atoms with Crippen molar-refractivity contribution in [3.63, 3.8) is 0 Å². The fourth-order valence-corrected chi connectivity index (χ4v) is 2.02. The number of hydrogen-bond donors (Lipinski definition) is 1. The van der Waals surface area contributed by atoms with E-state index in [4.69, 9.17) is 4.74 Å². The SMILES string of the molecule is Fc1ccc(OCCC2CCCCN2)cc1. The molecule has 0 radical (unpaired) electrons. The third-order valence-electron chi connectivity index (χ3n) is 2.96. The van der Waals surface area contributed by atoms with Crippen molar-refractivity contribution in [1.82, 2.24) is 5.32 Å². The van der Waals surface area contributed by atoms with E-state index in [2.05, 4.69) is 5.32 Å². The van der Waals surface area contributed by atoms with Crippen LogP contribution in [0.4, 0.5) is 4.39 Å². The van der Waals surface area contributed by atoms with Crippen LogP contribution in [0.1, 0.15) is 25.7 Å². The predicted octanol–water partition coefficient (Wildman–Crippen LogP) is 2.74. The Balaban J connectivity index is 1.69. The van der Waals surface area contributed by atoms with Crippen LogP contribution in [-0.2, 0) is 0 Å². The molecule has 1 aromatic carbocycles. The predicted molar refractivity (Wildman–Crippen MR) is 62.2 cm³/mol. The van der Waals surface area contributed by atoms with Gasteiger partial charge in [-0.1, -0.05) is 6.42 Å². The van der Waals surface area contributed by atoms with Gasteiger partial charge in [-0.25, -0.2) is 4.39 Å². The van der Waals surface area contributed by atoms with E-state index < -0.39 is 0 Å². The van der Waals surface area contributed by atoms with E-state index in [9.17, 15) is 4.39 Å². The molecule has 1 atom stereocenters. The molecule has 1 heterocycles. The van der Waals surface area contributed by atoms with Gasteiger partial charge in [-0.2, -0.15) is 0 Å². The Labute approximate surface area is 95.8 Å². The molecule has 1 unspecified atom stereocenters. The average Bonchev–Trinajstić information content (AvgIpc) is 2.33. The van der Waals surface area contributed by atoms with Crippen molar-refractivity contribution < 1.29 is 9.13 Å². The van der Waals surface area contributed by atoms with Gasteiger partial charge < -0.3 is 10.1 Å². The molecule has 1 aliphatic rings. The summed E-state index contributed by atoms with van der Waals surface area (Å²) in [4.78, 5) is 0. The third kappa shape index (κ3) is 3.49. The molecular weight excluding hydrogens is 205 g/mol. The largest absolute Gasteiger partial charge is 0.494 e. The Morgan fingerprint density at radius 3 is 2.75 bits per heavy atom. The second kappa shape index (κ2) is 5.85. The van der Waals surface area contributed by atoms with Crippen molar-refractivity contribution in [3.05, 3.63) is 30.1 Å². The van der Waals surface area contributed by atoms with Crippen LogP contribution >= 0.6 is 0 Å². The summed E-state index contributed by atoms with van der Waals surface area (Å²) < 4.78 is 18.2. The smallest absolute Gasteiger partial charge is 0.123 e. The zero-order valence-corrected chi connectivity index (χ0v) is 9.42. The Bertz CT molecular complexity index is 306. The summed E-state index contributed by atoms with van der Waals surface area (Å²) in [6.07, 6.45) is 4.87. The van der Waals surface area contributed by atoms with E-state index >= 15 is 0 Å². The summed E-state index contributed by atoms with van der Waals surface area (Å²) in [5.41, 5.74) is 0. The Kier molecular flexibility index (Phi) is 4.17. The summed E-state index contributed by atoms with van der Waals surface area (Å²) in [5.74, 6) is 0.526. The van der Waals surface area contributed by atoms with Crippen molar-refractivity contribution >= 4 is 0 Å². The van der Waals surface area contributed by atoms with Crippen LogP contribution < -0.4 is 10.1 Å². The molecule has 0 aliphatic carbocycles. The van der Waals surface area contributed by atoms with Gasteiger partial charge in [0.1, 0.15) is 11.6 Å². The van der Waals surface area contributed by atoms with E-state index in [-0.39, 0.29) is 5.82 Å². The van der Waals surface area contributed by atoms with Gasteiger partial charge in [0.2, 0.25) is 0 Å². The van der Waals surface area contributed by atoms with Crippen LogP contribution in [0.2, 0.25) is 0 Å². The molecule has 3 heteroatoms. The molecule has 88 valence electrons. The van der Waals surface area contributed by atoms with Crippen molar-refractivity contribution in [1.29, 1.82) is 0 Å². The molecule has 0 bridgehead atoms. The molecule has 0 spiro atoms. The lowest BCUT2D eigenvalue weighted by Gasteiger charge is -2.23. The molecule has 1 aliphatic heterocycles. The lowest BCUT2D eigenvalue weighted by Crippen LogP contribution is -2.35. The molecule has 0 amide bonds. The van der Waals surface area contributed by atoms with Crippen molar-refractivity contribution in [2.75, 3.05) is 13.2 Å². The third-order valence-corrected chi connectivity index (χ3v) is 2.96. The second-order valence-corrected chi connectivity index (χ2v) is 4.24. The average molecular weight is 223 g/mol. The molecule has 0 saturated carbocycles. The molecule has 2 nitrogen and oxygen atoms in total. The quantitative estimate of drug-likeness (QED) is 0.847. The highest BCUT2D eigenvalue weighted by molar-refractivity contribution is 5.21. The van der Waals surface area contributed by atoms with Crippen LogP contribution in [-0.4, -0.2) is 19.2 Å². The van der Waals surface area contributed by atoms with Crippen molar-refractivity contribution in [2.24, 2.45) is 0 Å². The monoisotopic (exact) mass is 223 g/mol. The summed E-state index contributed by atoms with van der Waals surface area (Å²) in [7, 11) is 0. The van der Waals surface area contributed by atoms with E-state index in [1.54, 1.807) is 12.1 Å². The number of hydrogen-bond acceptors (Lipinski definition) is 2. The number of nitrogens with one attached hydrogen (secondary N) is 1. The maximum atomic E-state index is 12.6. The highest BCUT2D eigenvalue weighted by atomic mass is 19.1. The first-order chi connectivity index (χ1) is 7.84. The Hall–Kier alpha value is -1.09. The van der Waals surface area contributed by atoms with Crippen LogP contribution in [0.15, 0.2) is 24.3 Å². The van der Waals surface area contributed by atoms with Gasteiger partial charge in [-0.3, -0.25) is 0 Å². The molecule has 1 fully saturated rings. The minimum Gasteiger partial charge on any atom is -0.494 e. The normalized spacial score (nSPS) is 20.7. The molecule has 2 rings (SSSR count). The van der Waals surface area contributed by atoms with E-state index in [0.29, 0.717) is 12.6 Å². The molecule has 16 heavy (non-hydrogen) atoms. The highest BCUT2D eigenvalue weighted by Gasteiger charge is 2.11. The van der Waals surface area contributed by atoms with Crippen molar-refractivity contribution in [3.8, 4) is 5.75 Å². The zero-order valence-electron chi connectivity index (χ0n) is 9.42. The van der Waals surface area contributed by atoms with Gasteiger partial charge in [0.25, 0.3) is 0 Å². The Morgan fingerprint density at radius 1 is 1.25 bits per heavy atom. The summed E-state index contributed by atoms with van der Waals surface area (Å²) >= 11 is 0. The fraction of sp³-hybridized carbons (Fsp3) is 0.538. The van der Waals surface area contributed by atoms with Crippen LogP contribution in [0.5, 0.6) is 5.75 Å². The topological polar surface area (TPSA) is 21.3 Å². The lowest BCUT2D eigenvalue weighted by atomic mass is 10.0. The first-order valence-electron chi connectivity index (χ1n) is 5.96. The summed E-state index contributed by atoms with van der Waals surface area (Å²) in [5, 5.41) is 3.47. The number of ether oxygens (including phenoxy) is 1. The first kappa shape index (κ1) is 11.4. The number of rotatable bonds is 4. The maximum absolute atomic E-state index is 12.6. The van der Waals surface area contributed by atoms with Gasteiger partial charge in [0.15, 0.2) is 0 Å².